The smallest absolute Gasteiger partial charge is 0.103 e. The Hall–Kier alpha value is -0.590. The summed E-state index contributed by atoms with van der Waals surface area (Å²) in [4.78, 5) is 2.65. The van der Waals surface area contributed by atoms with Gasteiger partial charge in [-0.2, -0.15) is 5.26 Å². The maximum atomic E-state index is 9.19. The summed E-state index contributed by atoms with van der Waals surface area (Å²) in [7, 11) is 0. The zero-order valence-corrected chi connectivity index (χ0v) is 11.2. The van der Waals surface area contributed by atoms with Crippen LogP contribution in [-0.2, 0) is 0 Å². The van der Waals surface area contributed by atoms with E-state index in [-0.39, 0.29) is 5.54 Å². The lowest BCUT2D eigenvalue weighted by Crippen LogP contribution is -2.42. The highest BCUT2D eigenvalue weighted by molar-refractivity contribution is 5.03. The third kappa shape index (κ3) is 3.00. The van der Waals surface area contributed by atoms with Crippen molar-refractivity contribution < 1.29 is 0 Å². The molecule has 3 unspecified atom stereocenters. The number of hydrogen-bond donors (Lipinski definition) is 1. The molecule has 96 valence electrons. The van der Waals surface area contributed by atoms with Crippen molar-refractivity contribution in [3.8, 4) is 6.07 Å². The quantitative estimate of drug-likeness (QED) is 0.766. The van der Waals surface area contributed by atoms with Gasteiger partial charge in [-0.15, -0.1) is 0 Å². The average Bonchev–Trinajstić information content (AvgIpc) is 2.91. The van der Waals surface area contributed by atoms with Crippen molar-refractivity contribution in [1.29, 1.82) is 5.26 Å². The van der Waals surface area contributed by atoms with Crippen molar-refractivity contribution in [2.75, 3.05) is 19.6 Å². The minimum Gasteiger partial charge on any atom is -0.300 e. The number of nitrogens with zero attached hydrogens (tertiary/aromatic N) is 2. The normalized spacial score (nSPS) is 31.4. The predicted octanol–water partition coefficient (Wildman–Crippen LogP) is 2.14. The van der Waals surface area contributed by atoms with Crippen molar-refractivity contribution in [3.63, 3.8) is 0 Å². The Morgan fingerprint density at radius 1 is 1.47 bits per heavy atom. The molecule has 1 saturated heterocycles. The Balaban J connectivity index is 1.71. The predicted molar refractivity (Wildman–Crippen MR) is 69.6 cm³/mol. The second kappa shape index (κ2) is 5.37. The second-order valence-electron chi connectivity index (χ2n) is 5.91. The Bertz CT molecular complexity index is 296. The Labute approximate surface area is 105 Å². The summed E-state index contributed by atoms with van der Waals surface area (Å²) in [5.41, 5.74) is -0.326. The van der Waals surface area contributed by atoms with Crippen LogP contribution in [0.2, 0.25) is 0 Å². The van der Waals surface area contributed by atoms with Crippen molar-refractivity contribution in [2.45, 2.75) is 57.5 Å². The fraction of sp³-hybridized carbons (Fsp3) is 0.929. The summed E-state index contributed by atoms with van der Waals surface area (Å²) in [5.74, 6) is 0.983. The molecule has 0 aromatic carbocycles. The number of fused-ring (bicyclic) bond motifs is 2. The lowest BCUT2D eigenvalue weighted by Gasteiger charge is -2.28. The van der Waals surface area contributed by atoms with Crippen LogP contribution in [0.3, 0.4) is 0 Å². The van der Waals surface area contributed by atoms with E-state index in [1.54, 1.807) is 0 Å². The monoisotopic (exact) mass is 235 g/mol. The van der Waals surface area contributed by atoms with E-state index >= 15 is 0 Å². The van der Waals surface area contributed by atoms with Crippen LogP contribution < -0.4 is 5.32 Å². The van der Waals surface area contributed by atoms with Gasteiger partial charge in [-0.25, -0.2) is 0 Å². The van der Waals surface area contributed by atoms with Crippen LogP contribution in [0, 0.1) is 17.2 Å². The van der Waals surface area contributed by atoms with Crippen LogP contribution in [-0.4, -0.2) is 36.1 Å². The molecular formula is C14H25N3. The van der Waals surface area contributed by atoms with Crippen molar-refractivity contribution in [1.82, 2.24) is 10.2 Å². The summed E-state index contributed by atoms with van der Waals surface area (Å²) in [6.07, 6.45) is 6.40. The molecule has 17 heavy (non-hydrogen) atoms. The van der Waals surface area contributed by atoms with E-state index in [2.05, 4.69) is 23.2 Å². The standard InChI is InChI=1S/C14H25N3/c1-3-16-14(2,11-15)7-4-8-17-10-12-5-6-13(17)9-12/h12-13,16H,3-10H2,1-2H3. The lowest BCUT2D eigenvalue weighted by molar-refractivity contribution is 0.204. The highest BCUT2D eigenvalue weighted by Gasteiger charge is 2.37. The molecule has 0 amide bonds. The third-order valence-electron chi connectivity index (χ3n) is 4.46. The number of rotatable bonds is 6. The van der Waals surface area contributed by atoms with Crippen LogP contribution in [0.1, 0.15) is 46.0 Å². The van der Waals surface area contributed by atoms with Crippen LogP contribution in [0.25, 0.3) is 0 Å². The molecular weight excluding hydrogens is 210 g/mol. The molecule has 1 aliphatic carbocycles. The number of hydrogen-bond acceptors (Lipinski definition) is 3. The van der Waals surface area contributed by atoms with Crippen LogP contribution >= 0.6 is 0 Å². The Kier molecular flexibility index (Phi) is 4.06. The molecule has 0 aromatic rings. The number of nitriles is 1. The summed E-state index contributed by atoms with van der Waals surface area (Å²) in [6, 6.07) is 3.28. The molecule has 2 rings (SSSR count). The highest BCUT2D eigenvalue weighted by atomic mass is 15.2. The topological polar surface area (TPSA) is 39.1 Å². The maximum Gasteiger partial charge on any atom is 0.103 e. The molecule has 0 aromatic heterocycles. The van der Waals surface area contributed by atoms with Crippen molar-refractivity contribution >= 4 is 0 Å². The molecule has 1 N–H and O–H groups in total. The van der Waals surface area contributed by atoms with Gasteiger partial charge < -0.3 is 4.90 Å². The van der Waals surface area contributed by atoms with E-state index in [0.717, 1.165) is 31.3 Å². The van der Waals surface area contributed by atoms with Gasteiger partial charge in [-0.05, 0) is 58.0 Å². The molecule has 1 aliphatic heterocycles. The molecule has 2 fully saturated rings. The van der Waals surface area contributed by atoms with Gasteiger partial charge >= 0.3 is 0 Å². The van der Waals surface area contributed by atoms with E-state index in [9.17, 15) is 5.26 Å². The van der Waals surface area contributed by atoms with E-state index in [1.807, 2.05) is 6.92 Å². The summed E-state index contributed by atoms with van der Waals surface area (Å²) < 4.78 is 0. The lowest BCUT2D eigenvalue weighted by atomic mass is 9.97. The van der Waals surface area contributed by atoms with Crippen LogP contribution in [0.4, 0.5) is 0 Å². The zero-order chi connectivity index (χ0) is 12.3. The van der Waals surface area contributed by atoms with Crippen molar-refractivity contribution in [2.24, 2.45) is 5.92 Å². The summed E-state index contributed by atoms with van der Waals surface area (Å²) in [6.45, 7) is 7.46. The van der Waals surface area contributed by atoms with E-state index in [1.165, 1.54) is 32.4 Å². The van der Waals surface area contributed by atoms with Crippen LogP contribution in [0.5, 0.6) is 0 Å². The van der Waals surface area contributed by atoms with Crippen LogP contribution in [0.15, 0.2) is 0 Å². The number of piperidine rings is 1. The maximum absolute atomic E-state index is 9.19. The van der Waals surface area contributed by atoms with Gasteiger partial charge in [0, 0.05) is 12.6 Å². The molecule has 2 bridgehead atoms. The third-order valence-corrected chi connectivity index (χ3v) is 4.46. The molecule has 0 radical (unpaired) electrons. The van der Waals surface area contributed by atoms with Gasteiger partial charge in [0.15, 0.2) is 0 Å². The Morgan fingerprint density at radius 2 is 2.29 bits per heavy atom. The molecule has 0 spiro atoms. The fourth-order valence-electron chi connectivity index (χ4n) is 3.51. The second-order valence-corrected chi connectivity index (χ2v) is 5.91. The first-order chi connectivity index (χ1) is 8.17. The van der Waals surface area contributed by atoms with E-state index < -0.39 is 0 Å². The first-order valence-electron chi connectivity index (χ1n) is 7.07. The van der Waals surface area contributed by atoms with E-state index in [0.29, 0.717) is 0 Å². The number of likely N-dealkylation sites (tertiary alicyclic amines) is 1. The minimum atomic E-state index is -0.326. The fourth-order valence-corrected chi connectivity index (χ4v) is 3.51. The molecule has 3 atom stereocenters. The van der Waals surface area contributed by atoms with Gasteiger partial charge in [0.2, 0.25) is 0 Å². The average molecular weight is 235 g/mol. The minimum absolute atomic E-state index is 0.326. The van der Waals surface area contributed by atoms with Gasteiger partial charge in [0.1, 0.15) is 5.54 Å². The molecule has 3 heteroatoms. The van der Waals surface area contributed by atoms with Crippen molar-refractivity contribution in [3.05, 3.63) is 0 Å². The van der Waals surface area contributed by atoms with Gasteiger partial charge in [-0.3, -0.25) is 5.32 Å². The Morgan fingerprint density at radius 3 is 2.82 bits per heavy atom. The van der Waals surface area contributed by atoms with Gasteiger partial charge in [0.05, 0.1) is 6.07 Å². The first-order valence-corrected chi connectivity index (χ1v) is 7.07. The zero-order valence-electron chi connectivity index (χ0n) is 11.2. The highest BCUT2D eigenvalue weighted by Crippen LogP contribution is 2.37. The number of nitrogens with one attached hydrogen (secondary N) is 1. The molecule has 1 saturated carbocycles. The largest absolute Gasteiger partial charge is 0.300 e. The SMILES string of the molecule is CCNC(C)(C#N)CCCN1CC2CCC1C2. The molecule has 1 heterocycles. The molecule has 3 nitrogen and oxygen atoms in total. The molecule has 2 aliphatic rings. The van der Waals surface area contributed by atoms with Gasteiger partial charge in [-0.1, -0.05) is 6.92 Å². The van der Waals surface area contributed by atoms with E-state index in [4.69, 9.17) is 0 Å². The van der Waals surface area contributed by atoms with Gasteiger partial charge in [0.25, 0.3) is 0 Å². The summed E-state index contributed by atoms with van der Waals surface area (Å²) in [5, 5.41) is 12.5. The first kappa shape index (κ1) is 12.9. The summed E-state index contributed by atoms with van der Waals surface area (Å²) >= 11 is 0.